The lowest BCUT2D eigenvalue weighted by Gasteiger charge is -2.33. The summed E-state index contributed by atoms with van der Waals surface area (Å²) in [4.78, 5) is 0. The van der Waals surface area contributed by atoms with Crippen molar-refractivity contribution >= 4 is 23.4 Å². The Morgan fingerprint density at radius 3 is 2.75 bits per heavy atom. The second kappa shape index (κ2) is 6.71. The lowest BCUT2D eigenvalue weighted by Crippen LogP contribution is -2.45. The maximum Gasteiger partial charge on any atom is 0.0850 e. The van der Waals surface area contributed by atoms with Gasteiger partial charge in [0, 0.05) is 23.8 Å². The highest BCUT2D eigenvalue weighted by molar-refractivity contribution is 8.00. The number of thioether (sulfide) groups is 1. The second-order valence-corrected chi connectivity index (χ2v) is 7.69. The van der Waals surface area contributed by atoms with Gasteiger partial charge in [-0.15, -0.1) is 0 Å². The van der Waals surface area contributed by atoms with Gasteiger partial charge < -0.3 is 5.32 Å². The van der Waals surface area contributed by atoms with Crippen molar-refractivity contribution in [3.63, 3.8) is 0 Å². The van der Waals surface area contributed by atoms with Crippen LogP contribution in [0, 0.1) is 0 Å². The van der Waals surface area contributed by atoms with Gasteiger partial charge in [0.2, 0.25) is 0 Å². The third-order valence-electron chi connectivity index (χ3n) is 4.43. The van der Waals surface area contributed by atoms with Crippen molar-refractivity contribution in [2.24, 2.45) is 0 Å². The van der Waals surface area contributed by atoms with Gasteiger partial charge in [-0.2, -0.15) is 16.9 Å². The van der Waals surface area contributed by atoms with Crippen LogP contribution in [0.3, 0.4) is 0 Å². The first-order chi connectivity index (χ1) is 9.55. The van der Waals surface area contributed by atoms with E-state index in [4.69, 9.17) is 11.6 Å². The van der Waals surface area contributed by atoms with Crippen LogP contribution in [0.2, 0.25) is 5.02 Å². The molecule has 1 aliphatic rings. The predicted octanol–water partition coefficient (Wildman–Crippen LogP) is 3.54. The molecule has 114 valence electrons. The standard InChI is InChI=1S/C15H26ClN3S/c1-5-11-14(16)12(19(6-2)18-11)10-13(17-4)15(3)8-7-9-20-15/h13,17H,5-10H2,1-4H3. The number of hydrogen-bond acceptors (Lipinski definition) is 3. The fourth-order valence-electron chi connectivity index (χ4n) is 3.10. The average molecular weight is 316 g/mol. The van der Waals surface area contributed by atoms with Crippen molar-refractivity contribution in [2.45, 2.75) is 63.8 Å². The predicted molar refractivity (Wildman–Crippen MR) is 88.9 cm³/mol. The molecule has 3 nitrogen and oxygen atoms in total. The van der Waals surface area contributed by atoms with E-state index < -0.39 is 0 Å². The van der Waals surface area contributed by atoms with Crippen LogP contribution in [0.15, 0.2) is 0 Å². The van der Waals surface area contributed by atoms with Gasteiger partial charge >= 0.3 is 0 Å². The molecule has 0 saturated carbocycles. The number of hydrogen-bond donors (Lipinski definition) is 1. The molecule has 1 aromatic heterocycles. The van der Waals surface area contributed by atoms with E-state index in [0.29, 0.717) is 10.8 Å². The van der Waals surface area contributed by atoms with E-state index in [-0.39, 0.29) is 0 Å². The summed E-state index contributed by atoms with van der Waals surface area (Å²) in [5.41, 5.74) is 2.22. The fourth-order valence-corrected chi connectivity index (χ4v) is 4.90. The molecular formula is C15H26ClN3S. The van der Waals surface area contributed by atoms with Crippen LogP contribution in [0.25, 0.3) is 0 Å². The highest BCUT2D eigenvalue weighted by Crippen LogP contribution is 2.41. The quantitative estimate of drug-likeness (QED) is 0.871. The molecule has 1 saturated heterocycles. The van der Waals surface area contributed by atoms with Crippen molar-refractivity contribution in [1.82, 2.24) is 15.1 Å². The Morgan fingerprint density at radius 2 is 2.25 bits per heavy atom. The van der Waals surface area contributed by atoms with Crippen LogP contribution >= 0.6 is 23.4 Å². The van der Waals surface area contributed by atoms with Gasteiger partial charge in [0.05, 0.1) is 16.4 Å². The van der Waals surface area contributed by atoms with Crippen molar-refractivity contribution in [2.75, 3.05) is 12.8 Å². The molecule has 0 bridgehead atoms. The number of nitrogens with one attached hydrogen (secondary N) is 1. The number of halogens is 1. The lowest BCUT2D eigenvalue weighted by atomic mass is 9.92. The van der Waals surface area contributed by atoms with Crippen LogP contribution in [-0.2, 0) is 19.4 Å². The highest BCUT2D eigenvalue weighted by Gasteiger charge is 2.38. The van der Waals surface area contributed by atoms with Gasteiger partial charge in [0.15, 0.2) is 0 Å². The number of aromatic nitrogens is 2. The first-order valence-corrected chi connectivity index (χ1v) is 8.97. The summed E-state index contributed by atoms with van der Waals surface area (Å²) in [6, 6.07) is 0.444. The normalized spacial score (nSPS) is 24.2. The second-order valence-electron chi connectivity index (χ2n) is 5.69. The van der Waals surface area contributed by atoms with Crippen molar-refractivity contribution in [3.8, 4) is 0 Å². The third-order valence-corrected chi connectivity index (χ3v) is 6.50. The van der Waals surface area contributed by atoms with E-state index in [9.17, 15) is 0 Å². The zero-order valence-corrected chi connectivity index (χ0v) is 14.6. The molecule has 0 amide bonds. The van der Waals surface area contributed by atoms with E-state index in [0.717, 1.165) is 30.1 Å². The molecule has 1 fully saturated rings. The fraction of sp³-hybridized carbons (Fsp3) is 0.800. The maximum atomic E-state index is 6.54. The van der Waals surface area contributed by atoms with Gasteiger partial charge in [-0.1, -0.05) is 18.5 Å². The van der Waals surface area contributed by atoms with Crippen molar-refractivity contribution in [3.05, 3.63) is 16.4 Å². The molecular weight excluding hydrogens is 290 g/mol. The number of likely N-dealkylation sites (N-methyl/N-ethyl adjacent to an activating group) is 1. The summed E-state index contributed by atoms with van der Waals surface area (Å²) in [7, 11) is 2.07. The van der Waals surface area contributed by atoms with Gasteiger partial charge in [-0.05, 0) is 45.9 Å². The summed E-state index contributed by atoms with van der Waals surface area (Å²) < 4.78 is 2.39. The van der Waals surface area contributed by atoms with Gasteiger partial charge in [0.1, 0.15) is 0 Å². The molecule has 20 heavy (non-hydrogen) atoms. The molecule has 2 atom stereocenters. The lowest BCUT2D eigenvalue weighted by molar-refractivity contribution is 0.413. The minimum Gasteiger partial charge on any atom is -0.315 e. The zero-order chi connectivity index (χ0) is 14.8. The minimum absolute atomic E-state index is 0.313. The maximum absolute atomic E-state index is 6.54. The molecule has 1 aliphatic heterocycles. The largest absolute Gasteiger partial charge is 0.315 e. The molecule has 0 aromatic carbocycles. The number of nitrogens with zero attached hydrogens (tertiary/aromatic N) is 2. The molecule has 2 rings (SSSR count). The van der Waals surface area contributed by atoms with Crippen LogP contribution < -0.4 is 5.32 Å². The molecule has 5 heteroatoms. The summed E-state index contributed by atoms with van der Waals surface area (Å²) >= 11 is 8.64. The summed E-state index contributed by atoms with van der Waals surface area (Å²) in [6.45, 7) is 7.51. The molecule has 2 heterocycles. The topological polar surface area (TPSA) is 29.9 Å². The Balaban J connectivity index is 2.25. The van der Waals surface area contributed by atoms with Crippen molar-refractivity contribution in [1.29, 1.82) is 0 Å². The van der Waals surface area contributed by atoms with Crippen LogP contribution in [0.4, 0.5) is 0 Å². The summed E-state index contributed by atoms with van der Waals surface area (Å²) in [5.74, 6) is 1.27. The SMILES string of the molecule is CCc1nn(CC)c(CC(NC)C2(C)CCCS2)c1Cl. The monoisotopic (exact) mass is 315 g/mol. The number of rotatable bonds is 6. The van der Waals surface area contributed by atoms with E-state index in [1.807, 2.05) is 0 Å². The van der Waals surface area contributed by atoms with Gasteiger partial charge in [-0.25, -0.2) is 0 Å². The van der Waals surface area contributed by atoms with E-state index in [1.54, 1.807) is 0 Å². The molecule has 0 radical (unpaired) electrons. The van der Waals surface area contributed by atoms with Crippen LogP contribution in [-0.4, -0.2) is 33.4 Å². The summed E-state index contributed by atoms with van der Waals surface area (Å²) in [5, 5.41) is 9.03. The van der Waals surface area contributed by atoms with Gasteiger partial charge in [0.25, 0.3) is 0 Å². The molecule has 0 aliphatic carbocycles. The Bertz CT molecular complexity index is 452. The average Bonchev–Trinajstić information content (AvgIpc) is 3.01. The summed E-state index contributed by atoms with van der Waals surface area (Å²) in [6.07, 6.45) is 4.46. The van der Waals surface area contributed by atoms with Crippen molar-refractivity contribution < 1.29 is 0 Å². The van der Waals surface area contributed by atoms with E-state index >= 15 is 0 Å². The molecule has 1 aromatic rings. The van der Waals surface area contributed by atoms with Gasteiger partial charge in [-0.3, -0.25) is 4.68 Å². The minimum atomic E-state index is 0.313. The smallest absolute Gasteiger partial charge is 0.0850 e. The van der Waals surface area contributed by atoms with E-state index in [1.165, 1.54) is 24.3 Å². The third kappa shape index (κ3) is 3.02. The molecule has 1 N–H and O–H groups in total. The van der Waals surface area contributed by atoms with E-state index in [2.05, 4.69) is 54.7 Å². The Labute approximate surface area is 131 Å². The van der Waals surface area contributed by atoms with Crippen LogP contribution in [0.1, 0.15) is 45.0 Å². The Kier molecular flexibility index (Phi) is 5.43. The molecule has 0 spiro atoms. The first kappa shape index (κ1) is 16.2. The van der Waals surface area contributed by atoms with Crippen LogP contribution in [0.5, 0.6) is 0 Å². The highest BCUT2D eigenvalue weighted by atomic mass is 35.5. The Morgan fingerprint density at radius 1 is 1.50 bits per heavy atom. The zero-order valence-electron chi connectivity index (χ0n) is 13.0. The Hall–Kier alpha value is -0.190. The number of aryl methyl sites for hydroxylation is 2. The first-order valence-electron chi connectivity index (χ1n) is 7.61. The molecule has 2 unspecified atom stereocenters.